The number of hydrogen-bond donors (Lipinski definition) is 0. The molecule has 172 valence electrons. The molecule has 1 unspecified atom stereocenters. The molecular formula is C25H32ClN3O3. The number of fused-ring (bicyclic) bond motifs is 1. The van der Waals surface area contributed by atoms with E-state index >= 15 is 0 Å². The molecule has 2 aliphatic heterocycles. The topological polar surface area (TPSA) is 54.9 Å². The lowest BCUT2D eigenvalue weighted by atomic mass is 9.90. The minimum atomic E-state index is -0.518. The van der Waals surface area contributed by atoms with E-state index in [0.717, 1.165) is 54.3 Å². The molecule has 2 aromatic rings. The van der Waals surface area contributed by atoms with Crippen molar-refractivity contribution in [2.24, 2.45) is 0 Å². The summed E-state index contributed by atoms with van der Waals surface area (Å²) < 4.78 is 10.9. The van der Waals surface area contributed by atoms with Crippen LogP contribution in [0.4, 0.5) is 10.5 Å². The fourth-order valence-corrected chi connectivity index (χ4v) is 4.94. The number of carbonyl (C=O) groups is 1. The Bertz CT molecular complexity index is 989. The van der Waals surface area contributed by atoms with Crippen molar-refractivity contribution in [2.75, 3.05) is 25.1 Å². The molecular weight excluding hydrogens is 426 g/mol. The molecule has 2 aliphatic rings. The average molecular weight is 458 g/mol. The van der Waals surface area contributed by atoms with E-state index in [1.165, 1.54) is 11.1 Å². The Kier molecular flexibility index (Phi) is 6.63. The van der Waals surface area contributed by atoms with Gasteiger partial charge in [-0.15, -0.1) is 0 Å². The molecule has 0 bridgehead atoms. The summed E-state index contributed by atoms with van der Waals surface area (Å²) in [6.45, 7) is 8.59. The summed E-state index contributed by atoms with van der Waals surface area (Å²) in [5.41, 5.74) is 5.22. The maximum Gasteiger partial charge on any atom is 0.410 e. The van der Waals surface area contributed by atoms with Gasteiger partial charge in [0.1, 0.15) is 5.60 Å². The van der Waals surface area contributed by atoms with E-state index in [1.54, 1.807) is 7.11 Å². The standard InChI is InChI=1S/C25H32ClN3O3/c1-25(2,3)32-24(30)29-10-5-6-23(29)21-13-18(26)12-17-8-11-28(15-22(17)21)20-7-9-27-19(14-20)16-31-4/h7,9,12-14,23H,5-6,8,10-11,15-16H2,1-4H3. The zero-order chi connectivity index (χ0) is 22.9. The number of amides is 1. The van der Waals surface area contributed by atoms with Crippen LogP contribution in [0, 0.1) is 0 Å². The number of hydrogen-bond acceptors (Lipinski definition) is 5. The van der Waals surface area contributed by atoms with Crippen molar-refractivity contribution in [1.29, 1.82) is 0 Å². The first-order valence-electron chi connectivity index (χ1n) is 11.2. The summed E-state index contributed by atoms with van der Waals surface area (Å²) >= 11 is 6.53. The van der Waals surface area contributed by atoms with Gasteiger partial charge < -0.3 is 19.3 Å². The summed E-state index contributed by atoms with van der Waals surface area (Å²) in [6.07, 6.45) is 4.37. The molecule has 0 saturated carbocycles. The zero-order valence-electron chi connectivity index (χ0n) is 19.4. The van der Waals surface area contributed by atoms with Crippen LogP contribution in [0.25, 0.3) is 0 Å². The molecule has 1 amide bonds. The number of rotatable bonds is 4. The fraction of sp³-hybridized carbons (Fsp3) is 0.520. The maximum atomic E-state index is 12.9. The molecule has 0 spiro atoms. The number of pyridine rings is 1. The highest BCUT2D eigenvalue weighted by molar-refractivity contribution is 6.30. The van der Waals surface area contributed by atoms with Crippen LogP contribution in [0.5, 0.6) is 0 Å². The van der Waals surface area contributed by atoms with Crippen molar-refractivity contribution in [1.82, 2.24) is 9.88 Å². The number of carbonyl (C=O) groups excluding carboxylic acids is 1. The van der Waals surface area contributed by atoms with Crippen molar-refractivity contribution in [3.05, 3.63) is 57.9 Å². The quantitative estimate of drug-likeness (QED) is 0.605. The average Bonchev–Trinajstić information content (AvgIpc) is 3.22. The zero-order valence-corrected chi connectivity index (χ0v) is 20.1. The summed E-state index contributed by atoms with van der Waals surface area (Å²) in [4.78, 5) is 21.6. The summed E-state index contributed by atoms with van der Waals surface area (Å²) in [5, 5.41) is 0.731. The van der Waals surface area contributed by atoms with Gasteiger partial charge in [0.2, 0.25) is 0 Å². The molecule has 1 fully saturated rings. The Morgan fingerprint density at radius 3 is 2.81 bits per heavy atom. The van der Waals surface area contributed by atoms with Gasteiger partial charge in [0.25, 0.3) is 0 Å². The lowest BCUT2D eigenvalue weighted by molar-refractivity contribution is 0.0224. The molecule has 7 heteroatoms. The predicted octanol–water partition coefficient (Wildman–Crippen LogP) is 5.52. The van der Waals surface area contributed by atoms with Crippen LogP contribution in [-0.2, 0) is 29.0 Å². The van der Waals surface area contributed by atoms with Crippen molar-refractivity contribution >= 4 is 23.4 Å². The first-order valence-corrected chi connectivity index (χ1v) is 11.6. The summed E-state index contributed by atoms with van der Waals surface area (Å²) in [5.74, 6) is 0. The van der Waals surface area contributed by atoms with E-state index in [2.05, 4.69) is 22.0 Å². The van der Waals surface area contributed by atoms with Crippen molar-refractivity contribution in [2.45, 2.75) is 64.8 Å². The van der Waals surface area contributed by atoms with Gasteiger partial charge >= 0.3 is 6.09 Å². The molecule has 6 nitrogen and oxygen atoms in total. The third-order valence-corrected chi connectivity index (χ3v) is 6.26. The number of halogens is 1. The summed E-state index contributed by atoms with van der Waals surface area (Å²) in [6, 6.07) is 8.24. The second kappa shape index (κ2) is 9.28. The Labute approximate surface area is 195 Å². The molecule has 0 N–H and O–H groups in total. The number of aromatic nitrogens is 1. The highest BCUT2D eigenvalue weighted by Gasteiger charge is 2.35. The van der Waals surface area contributed by atoms with Gasteiger partial charge in [-0.3, -0.25) is 4.98 Å². The van der Waals surface area contributed by atoms with E-state index in [1.807, 2.05) is 44.0 Å². The highest BCUT2D eigenvalue weighted by atomic mass is 35.5. The fourth-order valence-electron chi connectivity index (χ4n) is 4.69. The maximum absolute atomic E-state index is 12.9. The Morgan fingerprint density at radius 1 is 1.25 bits per heavy atom. The molecule has 3 heterocycles. The van der Waals surface area contributed by atoms with Gasteiger partial charge in [-0.25, -0.2) is 4.79 Å². The largest absolute Gasteiger partial charge is 0.444 e. The van der Waals surface area contributed by atoms with E-state index in [9.17, 15) is 4.79 Å². The molecule has 1 atom stereocenters. The minimum Gasteiger partial charge on any atom is -0.444 e. The SMILES string of the molecule is COCc1cc(N2CCc3cc(Cl)cc(C4CCCN4C(=O)OC(C)(C)C)c3C2)ccn1. The van der Waals surface area contributed by atoms with E-state index in [4.69, 9.17) is 21.1 Å². The predicted molar refractivity (Wildman–Crippen MR) is 126 cm³/mol. The van der Waals surface area contributed by atoms with Gasteiger partial charge in [-0.05, 0) is 81.0 Å². The van der Waals surface area contributed by atoms with Crippen LogP contribution in [0.3, 0.4) is 0 Å². The molecule has 1 aromatic carbocycles. The van der Waals surface area contributed by atoms with Gasteiger partial charge in [0, 0.05) is 43.7 Å². The Balaban J connectivity index is 1.64. The van der Waals surface area contributed by atoms with Gasteiger partial charge in [-0.1, -0.05) is 11.6 Å². The van der Waals surface area contributed by atoms with E-state index in [0.29, 0.717) is 13.2 Å². The summed E-state index contributed by atoms with van der Waals surface area (Å²) in [7, 11) is 1.68. The van der Waals surface area contributed by atoms with Gasteiger partial charge in [-0.2, -0.15) is 0 Å². The molecule has 1 aromatic heterocycles. The van der Waals surface area contributed by atoms with Crippen molar-refractivity contribution in [3.8, 4) is 0 Å². The third-order valence-electron chi connectivity index (χ3n) is 6.04. The van der Waals surface area contributed by atoms with Crippen molar-refractivity contribution < 1.29 is 14.3 Å². The van der Waals surface area contributed by atoms with Crippen LogP contribution < -0.4 is 4.90 Å². The number of benzene rings is 1. The molecule has 1 saturated heterocycles. The number of likely N-dealkylation sites (tertiary alicyclic amines) is 1. The van der Waals surface area contributed by atoms with Crippen molar-refractivity contribution in [3.63, 3.8) is 0 Å². The second-order valence-corrected chi connectivity index (χ2v) is 10.0. The lowest BCUT2D eigenvalue weighted by Gasteiger charge is -2.35. The number of nitrogens with zero attached hydrogens (tertiary/aromatic N) is 3. The lowest BCUT2D eigenvalue weighted by Crippen LogP contribution is -2.37. The monoisotopic (exact) mass is 457 g/mol. The number of ether oxygens (including phenoxy) is 2. The van der Waals surface area contributed by atoms with Gasteiger partial charge in [0.15, 0.2) is 0 Å². The van der Waals surface area contributed by atoms with Crippen LogP contribution in [0.1, 0.15) is 62.0 Å². The van der Waals surface area contributed by atoms with E-state index < -0.39 is 5.60 Å². The minimum absolute atomic E-state index is 0.0151. The Hall–Kier alpha value is -2.31. The Morgan fingerprint density at radius 2 is 2.06 bits per heavy atom. The third kappa shape index (κ3) is 5.02. The smallest absolute Gasteiger partial charge is 0.410 e. The van der Waals surface area contributed by atoms with Gasteiger partial charge in [0.05, 0.1) is 18.3 Å². The number of anilines is 1. The van der Waals surface area contributed by atoms with E-state index in [-0.39, 0.29) is 12.1 Å². The van der Waals surface area contributed by atoms with Crippen LogP contribution >= 0.6 is 11.6 Å². The van der Waals surface area contributed by atoms with Crippen LogP contribution in [-0.4, -0.2) is 41.8 Å². The first kappa shape index (κ1) is 22.9. The van der Waals surface area contributed by atoms with Crippen LogP contribution in [0.2, 0.25) is 5.02 Å². The molecule has 4 rings (SSSR count). The number of methoxy groups -OCH3 is 1. The molecule has 32 heavy (non-hydrogen) atoms. The normalized spacial score (nSPS) is 18.6. The van der Waals surface area contributed by atoms with Crippen LogP contribution in [0.15, 0.2) is 30.5 Å². The second-order valence-electron chi connectivity index (χ2n) is 9.57. The highest BCUT2D eigenvalue weighted by Crippen LogP contribution is 2.39. The first-order chi connectivity index (χ1) is 15.2. The molecule has 0 radical (unpaired) electrons. The molecule has 0 aliphatic carbocycles.